The van der Waals surface area contributed by atoms with E-state index in [0.29, 0.717) is 24.7 Å². The smallest absolute Gasteiger partial charge is 0.304 e. The molecule has 0 unspecified atom stereocenters. The number of fused-ring (bicyclic) bond motifs is 2. The second kappa shape index (κ2) is 11.7. The molecule has 0 atom stereocenters. The van der Waals surface area contributed by atoms with Gasteiger partial charge in [-0.05, 0) is 59.7 Å². The number of aromatic nitrogens is 2. The van der Waals surface area contributed by atoms with Crippen molar-refractivity contribution in [1.29, 1.82) is 0 Å². The Hall–Kier alpha value is -5.23. The van der Waals surface area contributed by atoms with E-state index in [2.05, 4.69) is 9.97 Å². The summed E-state index contributed by atoms with van der Waals surface area (Å²) in [5.41, 5.74) is 4.56. The van der Waals surface area contributed by atoms with Gasteiger partial charge in [0.05, 0.1) is 28.8 Å². The molecule has 0 aliphatic rings. The number of carboxylic acid groups (broad SMARTS) is 1. The molecule has 208 valence electrons. The average Bonchev–Trinajstić information content (AvgIpc) is 3.02. The molecular weight excluding hydrogens is 524 g/mol. The molecule has 0 amide bonds. The Morgan fingerprint density at radius 2 is 1.05 bits per heavy atom. The number of pyridine rings is 2. The molecule has 6 aromatic rings. The monoisotopic (exact) mass is 554 g/mol. The number of nitrogens with zero attached hydrogens (tertiary/aromatic N) is 2. The summed E-state index contributed by atoms with van der Waals surface area (Å²) < 4.78 is 12.0. The van der Waals surface area contributed by atoms with Crippen molar-refractivity contribution in [3.63, 3.8) is 0 Å². The minimum absolute atomic E-state index is 0.0601. The van der Waals surface area contributed by atoms with E-state index >= 15 is 0 Å². The number of aliphatic carboxylic acids is 1. The van der Waals surface area contributed by atoms with E-state index in [1.807, 2.05) is 128 Å². The summed E-state index contributed by atoms with van der Waals surface area (Å²) in [4.78, 5) is 21.3. The number of carboxylic acids is 1. The molecule has 6 nitrogen and oxygen atoms in total. The van der Waals surface area contributed by atoms with Gasteiger partial charge in [0.15, 0.2) is 0 Å². The number of para-hydroxylation sites is 2. The lowest BCUT2D eigenvalue weighted by atomic mass is 9.74. The predicted octanol–water partition coefficient (Wildman–Crippen LogP) is 7.72. The molecule has 6 rings (SSSR count). The predicted molar refractivity (Wildman–Crippen MR) is 164 cm³/mol. The summed E-state index contributed by atoms with van der Waals surface area (Å²) in [6, 6.07) is 39.2. The Bertz CT molecular complexity index is 1720. The highest BCUT2D eigenvalue weighted by molar-refractivity contribution is 5.79. The van der Waals surface area contributed by atoms with E-state index < -0.39 is 11.4 Å². The summed E-state index contributed by atoms with van der Waals surface area (Å²) in [5.74, 6) is 0.512. The fourth-order valence-electron chi connectivity index (χ4n) is 5.20. The van der Waals surface area contributed by atoms with Crippen molar-refractivity contribution in [2.45, 2.75) is 32.0 Å². The van der Waals surface area contributed by atoms with Crippen LogP contribution in [-0.4, -0.2) is 21.0 Å². The van der Waals surface area contributed by atoms with Crippen LogP contribution in [0.4, 0.5) is 0 Å². The minimum atomic E-state index is -0.872. The van der Waals surface area contributed by atoms with Gasteiger partial charge in [-0.3, -0.25) is 4.79 Å². The second-order valence-corrected chi connectivity index (χ2v) is 10.5. The molecule has 0 saturated carbocycles. The third-order valence-corrected chi connectivity index (χ3v) is 7.57. The average molecular weight is 555 g/mol. The van der Waals surface area contributed by atoms with Gasteiger partial charge in [-0.1, -0.05) is 79.7 Å². The summed E-state index contributed by atoms with van der Waals surface area (Å²) >= 11 is 0. The fraction of sp³-hybridized carbons (Fsp3) is 0.139. The van der Waals surface area contributed by atoms with Crippen molar-refractivity contribution in [3.8, 4) is 11.5 Å². The highest BCUT2D eigenvalue weighted by Crippen LogP contribution is 2.37. The van der Waals surface area contributed by atoms with Gasteiger partial charge in [0.2, 0.25) is 0 Å². The largest absolute Gasteiger partial charge is 0.487 e. The summed E-state index contributed by atoms with van der Waals surface area (Å²) in [6.07, 6.45) is -0.0601. The lowest BCUT2D eigenvalue weighted by molar-refractivity contribution is -0.138. The number of rotatable bonds is 10. The first-order valence-corrected chi connectivity index (χ1v) is 13.8. The molecule has 1 N–H and O–H groups in total. The van der Waals surface area contributed by atoms with Crippen LogP contribution in [0.2, 0.25) is 0 Å². The number of benzene rings is 4. The van der Waals surface area contributed by atoms with Crippen molar-refractivity contribution in [2.24, 2.45) is 0 Å². The Morgan fingerprint density at radius 3 is 1.48 bits per heavy atom. The van der Waals surface area contributed by atoms with E-state index in [4.69, 9.17) is 9.47 Å². The summed E-state index contributed by atoms with van der Waals surface area (Å²) in [7, 11) is 0. The molecule has 0 aliphatic carbocycles. The maximum Gasteiger partial charge on any atom is 0.304 e. The van der Waals surface area contributed by atoms with E-state index in [1.54, 1.807) is 0 Å². The van der Waals surface area contributed by atoms with Crippen LogP contribution < -0.4 is 9.47 Å². The standard InChI is InChI=1S/C36H30N2O4/c1-36(22-35(39)40,27-12-18-31(19-13-27)41-23-29-16-10-25-6-2-4-8-33(25)37-29)28-14-20-32(21-15-28)42-24-30-17-11-26-7-3-5-9-34(26)38-30/h2-21H,22-24H2,1H3,(H,39,40). The van der Waals surface area contributed by atoms with Crippen LogP contribution >= 0.6 is 0 Å². The lowest BCUT2D eigenvalue weighted by Crippen LogP contribution is -2.27. The molecule has 0 saturated heterocycles. The van der Waals surface area contributed by atoms with Gasteiger partial charge in [0.25, 0.3) is 0 Å². The molecular formula is C36H30N2O4. The number of hydrogen-bond acceptors (Lipinski definition) is 5. The van der Waals surface area contributed by atoms with Gasteiger partial charge in [0.1, 0.15) is 24.7 Å². The first-order valence-electron chi connectivity index (χ1n) is 13.8. The normalized spacial score (nSPS) is 11.5. The Labute approximate surface area is 244 Å². The number of hydrogen-bond donors (Lipinski definition) is 1. The first kappa shape index (κ1) is 27.0. The van der Waals surface area contributed by atoms with Crippen molar-refractivity contribution in [2.75, 3.05) is 0 Å². The molecule has 42 heavy (non-hydrogen) atoms. The Balaban J connectivity index is 1.14. The molecule has 0 fully saturated rings. The zero-order chi connectivity index (χ0) is 28.9. The molecule has 0 bridgehead atoms. The zero-order valence-electron chi connectivity index (χ0n) is 23.2. The highest BCUT2D eigenvalue weighted by Gasteiger charge is 2.32. The lowest BCUT2D eigenvalue weighted by Gasteiger charge is -2.29. The van der Waals surface area contributed by atoms with E-state index in [0.717, 1.165) is 44.3 Å². The van der Waals surface area contributed by atoms with Gasteiger partial charge < -0.3 is 14.6 Å². The van der Waals surface area contributed by atoms with Crippen LogP contribution in [0.5, 0.6) is 11.5 Å². The molecule has 0 aliphatic heterocycles. The quantitative estimate of drug-likeness (QED) is 0.187. The van der Waals surface area contributed by atoms with Crippen LogP contribution in [0.15, 0.2) is 121 Å². The third kappa shape index (κ3) is 5.93. The Kier molecular flexibility index (Phi) is 7.52. The van der Waals surface area contributed by atoms with Gasteiger partial charge >= 0.3 is 5.97 Å². The van der Waals surface area contributed by atoms with Crippen LogP contribution in [0.1, 0.15) is 35.9 Å². The molecule has 2 heterocycles. The van der Waals surface area contributed by atoms with Crippen molar-refractivity contribution < 1.29 is 19.4 Å². The summed E-state index contributed by atoms with van der Waals surface area (Å²) in [5, 5.41) is 12.0. The van der Waals surface area contributed by atoms with Crippen LogP contribution in [0.3, 0.4) is 0 Å². The third-order valence-electron chi connectivity index (χ3n) is 7.57. The second-order valence-electron chi connectivity index (χ2n) is 10.5. The van der Waals surface area contributed by atoms with E-state index in [-0.39, 0.29) is 6.42 Å². The van der Waals surface area contributed by atoms with Gasteiger partial charge in [-0.15, -0.1) is 0 Å². The molecule has 0 radical (unpaired) electrons. The summed E-state index contributed by atoms with van der Waals surface area (Å²) in [6.45, 7) is 2.63. The zero-order valence-corrected chi connectivity index (χ0v) is 23.2. The highest BCUT2D eigenvalue weighted by atomic mass is 16.5. The van der Waals surface area contributed by atoms with Gasteiger partial charge in [0, 0.05) is 16.2 Å². The van der Waals surface area contributed by atoms with Crippen molar-refractivity contribution >= 4 is 27.8 Å². The van der Waals surface area contributed by atoms with Crippen LogP contribution in [-0.2, 0) is 23.4 Å². The molecule has 4 aromatic carbocycles. The topological polar surface area (TPSA) is 81.5 Å². The molecule has 2 aromatic heterocycles. The van der Waals surface area contributed by atoms with E-state index in [1.165, 1.54) is 0 Å². The number of ether oxygens (including phenoxy) is 2. The van der Waals surface area contributed by atoms with Crippen LogP contribution in [0.25, 0.3) is 21.8 Å². The van der Waals surface area contributed by atoms with Gasteiger partial charge in [-0.2, -0.15) is 0 Å². The molecule has 6 heteroatoms. The van der Waals surface area contributed by atoms with Crippen molar-refractivity contribution in [3.05, 3.63) is 144 Å². The fourth-order valence-corrected chi connectivity index (χ4v) is 5.20. The number of carbonyl (C=O) groups is 1. The van der Waals surface area contributed by atoms with Crippen LogP contribution in [0, 0.1) is 0 Å². The minimum Gasteiger partial charge on any atom is -0.487 e. The maximum absolute atomic E-state index is 11.9. The maximum atomic E-state index is 11.9. The van der Waals surface area contributed by atoms with E-state index in [9.17, 15) is 9.90 Å². The SMILES string of the molecule is CC(CC(=O)O)(c1ccc(OCc2ccc3ccccc3n2)cc1)c1ccc(OCc2ccc3ccccc3n2)cc1. The first-order chi connectivity index (χ1) is 20.5. The van der Waals surface area contributed by atoms with Crippen molar-refractivity contribution in [1.82, 2.24) is 9.97 Å². The Morgan fingerprint density at radius 1 is 0.619 bits per heavy atom. The van der Waals surface area contributed by atoms with Gasteiger partial charge in [-0.25, -0.2) is 9.97 Å². The molecule has 0 spiro atoms.